The molecule has 0 saturated carbocycles. The van der Waals surface area contributed by atoms with E-state index in [2.05, 4.69) is 10.5 Å². The number of furan rings is 2. The number of hydrazone groups is 1. The molecule has 0 unspecified atom stereocenters. The van der Waals surface area contributed by atoms with Gasteiger partial charge >= 0.3 is 5.97 Å². The van der Waals surface area contributed by atoms with Gasteiger partial charge in [-0.25, -0.2) is 5.43 Å². The Morgan fingerprint density at radius 3 is 2.38 bits per heavy atom. The van der Waals surface area contributed by atoms with Gasteiger partial charge < -0.3 is 13.9 Å². The topological polar surface area (TPSA) is 105 Å². The number of amides is 1. The van der Waals surface area contributed by atoms with Crippen LogP contribution in [0.5, 0.6) is 0 Å². The predicted octanol–water partition coefficient (Wildman–Crippen LogP) is 2.97. The first-order valence-corrected chi connectivity index (χ1v) is 7.51. The molecule has 0 atom stereocenters. The molecule has 7 heteroatoms. The molecular weight excluding hydrogens is 312 g/mol. The zero-order valence-electron chi connectivity index (χ0n) is 14.1. The lowest BCUT2D eigenvalue weighted by Crippen LogP contribution is -2.19. The van der Waals surface area contributed by atoms with E-state index in [9.17, 15) is 9.59 Å². The van der Waals surface area contributed by atoms with Crippen LogP contribution in [0.2, 0.25) is 0 Å². The second-order valence-corrected chi connectivity index (χ2v) is 5.54. The molecule has 24 heavy (non-hydrogen) atoms. The predicted molar refractivity (Wildman–Crippen MR) is 87.3 cm³/mol. The average Bonchev–Trinajstić information content (AvgIpc) is 3.04. The van der Waals surface area contributed by atoms with Crippen LogP contribution in [0.25, 0.3) is 0 Å². The molecule has 128 valence electrons. The van der Waals surface area contributed by atoms with E-state index in [0.717, 1.165) is 5.56 Å². The van der Waals surface area contributed by atoms with Crippen LogP contribution in [0.4, 0.5) is 0 Å². The Labute approximate surface area is 139 Å². The van der Waals surface area contributed by atoms with Crippen molar-refractivity contribution in [2.45, 2.75) is 40.5 Å². The summed E-state index contributed by atoms with van der Waals surface area (Å²) in [6.07, 6.45) is 0.307. The smallest absolute Gasteiger partial charge is 0.303 e. The van der Waals surface area contributed by atoms with Gasteiger partial charge in [-0.15, -0.1) is 0 Å². The highest BCUT2D eigenvalue weighted by Gasteiger charge is 2.14. The molecule has 2 aromatic heterocycles. The monoisotopic (exact) mass is 332 g/mol. The highest BCUT2D eigenvalue weighted by molar-refractivity contribution is 6.01. The molecule has 0 aliphatic carbocycles. The van der Waals surface area contributed by atoms with Crippen LogP contribution in [0, 0.1) is 20.8 Å². The van der Waals surface area contributed by atoms with Crippen molar-refractivity contribution in [3.05, 3.63) is 46.3 Å². The van der Waals surface area contributed by atoms with Gasteiger partial charge in [-0.3, -0.25) is 9.59 Å². The second-order valence-electron chi connectivity index (χ2n) is 5.54. The molecule has 0 aliphatic rings. The first-order chi connectivity index (χ1) is 11.3. The zero-order chi connectivity index (χ0) is 17.9. The molecular formula is C17H20N2O5. The van der Waals surface area contributed by atoms with Crippen molar-refractivity contribution in [1.29, 1.82) is 0 Å². The van der Waals surface area contributed by atoms with E-state index >= 15 is 0 Å². The number of carbonyl (C=O) groups excluding carboxylic acids is 1. The van der Waals surface area contributed by atoms with Gasteiger partial charge in [0.25, 0.3) is 5.91 Å². The van der Waals surface area contributed by atoms with Crippen LogP contribution < -0.4 is 5.43 Å². The minimum absolute atomic E-state index is 0.00155. The molecule has 2 N–H and O–H groups in total. The van der Waals surface area contributed by atoms with E-state index in [0.29, 0.717) is 40.7 Å². The summed E-state index contributed by atoms with van der Waals surface area (Å²) < 4.78 is 10.9. The summed E-state index contributed by atoms with van der Waals surface area (Å²) in [6, 6.07) is 3.40. The third-order valence-corrected chi connectivity index (χ3v) is 3.55. The van der Waals surface area contributed by atoms with Gasteiger partial charge in [-0.1, -0.05) is 0 Å². The fraction of sp³-hybridized carbons (Fsp3) is 0.353. The van der Waals surface area contributed by atoms with Gasteiger partial charge in [0.15, 0.2) is 0 Å². The van der Waals surface area contributed by atoms with E-state index in [-0.39, 0.29) is 12.3 Å². The van der Waals surface area contributed by atoms with Gasteiger partial charge in [-0.05, 0) is 39.8 Å². The number of nitrogens with one attached hydrogen (secondary N) is 1. The summed E-state index contributed by atoms with van der Waals surface area (Å²) in [7, 11) is 0. The first kappa shape index (κ1) is 17.5. The van der Waals surface area contributed by atoms with Crippen LogP contribution in [0.15, 0.2) is 26.1 Å². The van der Waals surface area contributed by atoms with Gasteiger partial charge in [-0.2, -0.15) is 5.10 Å². The average molecular weight is 332 g/mol. The van der Waals surface area contributed by atoms with Crippen molar-refractivity contribution in [3.63, 3.8) is 0 Å². The molecule has 0 fully saturated rings. The molecule has 0 spiro atoms. The van der Waals surface area contributed by atoms with Crippen molar-refractivity contribution in [2.24, 2.45) is 5.10 Å². The highest BCUT2D eigenvalue weighted by Crippen LogP contribution is 2.17. The fourth-order valence-electron chi connectivity index (χ4n) is 2.37. The van der Waals surface area contributed by atoms with Crippen molar-refractivity contribution in [2.75, 3.05) is 0 Å². The van der Waals surface area contributed by atoms with Gasteiger partial charge in [0.1, 0.15) is 23.0 Å². The van der Waals surface area contributed by atoms with Crippen molar-refractivity contribution in [1.82, 2.24) is 5.43 Å². The maximum atomic E-state index is 12.1. The van der Waals surface area contributed by atoms with Crippen LogP contribution in [0.3, 0.4) is 0 Å². The number of carboxylic acids is 1. The van der Waals surface area contributed by atoms with Crippen LogP contribution in [0.1, 0.15) is 52.3 Å². The Kier molecular flexibility index (Phi) is 5.23. The van der Waals surface area contributed by atoms with E-state index in [1.165, 1.54) is 0 Å². The third kappa shape index (κ3) is 4.13. The van der Waals surface area contributed by atoms with Crippen molar-refractivity contribution >= 4 is 17.6 Å². The Balaban J connectivity index is 2.09. The minimum Gasteiger partial charge on any atom is -0.481 e. The molecule has 0 saturated heterocycles. The number of hydrogen-bond donors (Lipinski definition) is 2. The summed E-state index contributed by atoms with van der Waals surface area (Å²) >= 11 is 0. The van der Waals surface area contributed by atoms with Gasteiger partial charge in [0, 0.05) is 12.0 Å². The maximum Gasteiger partial charge on any atom is 0.303 e. The quantitative estimate of drug-likeness (QED) is 0.625. The summed E-state index contributed by atoms with van der Waals surface area (Å²) in [5.41, 5.74) is 4.24. The number of aliphatic carboxylic acids is 1. The van der Waals surface area contributed by atoms with Crippen LogP contribution in [-0.2, 0) is 11.2 Å². The summed E-state index contributed by atoms with van der Waals surface area (Å²) in [5.74, 6) is 1.17. The molecule has 0 aromatic carbocycles. The largest absolute Gasteiger partial charge is 0.481 e. The number of hydrogen-bond acceptors (Lipinski definition) is 5. The Bertz CT molecular complexity index is 798. The summed E-state index contributed by atoms with van der Waals surface area (Å²) in [4.78, 5) is 22.7. The van der Waals surface area contributed by atoms with Crippen LogP contribution in [-0.4, -0.2) is 22.7 Å². The van der Waals surface area contributed by atoms with Gasteiger partial charge in [0.2, 0.25) is 0 Å². The number of carbonyl (C=O) groups is 2. The maximum absolute atomic E-state index is 12.1. The first-order valence-electron chi connectivity index (χ1n) is 7.51. The standard InChI is InChI=1S/C17H20N2O5/c1-9-7-15(12(4)23-9)17(22)19-18-10(2)14-8-13(24-11(14)3)5-6-16(20)21/h7-8H,5-6H2,1-4H3,(H,19,22)(H,20,21)/b18-10-. The number of rotatable bonds is 6. The van der Waals surface area contributed by atoms with Crippen LogP contribution >= 0.6 is 0 Å². The molecule has 2 rings (SSSR count). The van der Waals surface area contributed by atoms with E-state index in [4.69, 9.17) is 13.9 Å². The lowest BCUT2D eigenvalue weighted by Gasteiger charge is -2.01. The molecule has 1 amide bonds. The third-order valence-electron chi connectivity index (χ3n) is 3.55. The zero-order valence-corrected chi connectivity index (χ0v) is 14.1. The van der Waals surface area contributed by atoms with Crippen molar-refractivity contribution < 1.29 is 23.5 Å². The normalized spacial score (nSPS) is 11.6. The Morgan fingerprint density at radius 1 is 1.12 bits per heavy atom. The molecule has 0 bridgehead atoms. The summed E-state index contributed by atoms with van der Waals surface area (Å²) in [6.45, 7) is 7.00. The lowest BCUT2D eigenvalue weighted by atomic mass is 10.1. The second kappa shape index (κ2) is 7.16. The molecule has 2 aromatic rings. The van der Waals surface area contributed by atoms with Gasteiger partial charge in [0.05, 0.1) is 17.7 Å². The molecule has 7 nitrogen and oxygen atoms in total. The number of aryl methyl sites for hydroxylation is 4. The highest BCUT2D eigenvalue weighted by atomic mass is 16.4. The van der Waals surface area contributed by atoms with E-state index in [1.807, 2.05) is 0 Å². The summed E-state index contributed by atoms with van der Waals surface area (Å²) in [5, 5.41) is 12.8. The Morgan fingerprint density at radius 2 is 1.79 bits per heavy atom. The molecule has 0 aliphatic heterocycles. The number of carboxylic acid groups (broad SMARTS) is 1. The lowest BCUT2D eigenvalue weighted by molar-refractivity contribution is -0.137. The molecule has 0 radical (unpaired) electrons. The minimum atomic E-state index is -0.881. The molecule has 2 heterocycles. The fourth-order valence-corrected chi connectivity index (χ4v) is 2.37. The SMILES string of the molecule is C/C(=N/NC(=O)c1cc(C)oc1C)c1cc(CCC(=O)O)oc1C. The van der Waals surface area contributed by atoms with Crippen molar-refractivity contribution in [3.8, 4) is 0 Å². The Hall–Kier alpha value is -2.83. The number of nitrogens with zero attached hydrogens (tertiary/aromatic N) is 1. The van der Waals surface area contributed by atoms with E-state index in [1.54, 1.807) is 39.8 Å². The van der Waals surface area contributed by atoms with E-state index < -0.39 is 5.97 Å².